The number of aromatic amines is 1. The summed E-state index contributed by atoms with van der Waals surface area (Å²) in [7, 11) is 1.58. The van der Waals surface area contributed by atoms with Crippen LogP contribution in [0.2, 0.25) is 0 Å². The van der Waals surface area contributed by atoms with Gasteiger partial charge in [-0.25, -0.2) is 0 Å². The molecule has 0 spiro atoms. The minimum absolute atomic E-state index is 0.111. The number of carbonyl (C=O) groups excluding carboxylic acids is 1. The van der Waals surface area contributed by atoms with E-state index in [4.69, 9.17) is 9.26 Å². The van der Waals surface area contributed by atoms with Crippen molar-refractivity contribution in [1.29, 1.82) is 0 Å². The second-order valence-corrected chi connectivity index (χ2v) is 6.20. The Labute approximate surface area is 150 Å². The zero-order valence-corrected chi connectivity index (χ0v) is 15.0. The highest BCUT2D eigenvalue weighted by atomic mass is 16.5. The number of hydrogen-bond donors (Lipinski definition) is 2. The van der Waals surface area contributed by atoms with Crippen LogP contribution in [0.1, 0.15) is 29.0 Å². The summed E-state index contributed by atoms with van der Waals surface area (Å²) < 4.78 is 10.2. The van der Waals surface area contributed by atoms with Gasteiger partial charge in [-0.15, -0.1) is 0 Å². The number of hydrogen-bond acceptors (Lipinski definition) is 5. The molecule has 0 saturated heterocycles. The van der Waals surface area contributed by atoms with Gasteiger partial charge in [0.25, 0.3) is 0 Å². The van der Waals surface area contributed by atoms with Crippen molar-refractivity contribution in [3.05, 3.63) is 57.2 Å². The molecule has 2 aromatic heterocycles. The number of benzene rings is 1. The minimum atomic E-state index is -0.202. The van der Waals surface area contributed by atoms with Crippen LogP contribution in [-0.4, -0.2) is 23.2 Å². The lowest BCUT2D eigenvalue weighted by atomic mass is 10.1. The van der Waals surface area contributed by atoms with Crippen LogP contribution in [0.5, 0.6) is 0 Å². The van der Waals surface area contributed by atoms with Gasteiger partial charge < -0.3 is 19.6 Å². The highest BCUT2D eigenvalue weighted by molar-refractivity contribution is 5.94. The molecule has 0 fully saturated rings. The smallest absolute Gasteiger partial charge is 0.248 e. The average molecular weight is 355 g/mol. The van der Waals surface area contributed by atoms with E-state index < -0.39 is 0 Å². The first-order valence-corrected chi connectivity index (χ1v) is 8.34. The molecule has 0 aliphatic rings. The highest BCUT2D eigenvalue weighted by Crippen LogP contribution is 2.21. The topological polar surface area (TPSA) is 97.2 Å². The third-order valence-corrected chi connectivity index (χ3v) is 4.30. The Kier molecular flexibility index (Phi) is 5.18. The Bertz CT molecular complexity index is 984. The maximum atomic E-state index is 12.2. The SMILES string of the molecule is COCc1cc(=O)[nH]c2cc(NC(=O)CCc3c(C)noc3C)ccc12. The van der Waals surface area contributed by atoms with Crippen LogP contribution in [0.15, 0.2) is 33.6 Å². The predicted octanol–water partition coefficient (Wildman–Crippen LogP) is 2.85. The molecule has 2 N–H and O–H groups in total. The van der Waals surface area contributed by atoms with Crippen molar-refractivity contribution >= 4 is 22.5 Å². The van der Waals surface area contributed by atoms with E-state index in [0.29, 0.717) is 30.7 Å². The first-order valence-electron chi connectivity index (χ1n) is 8.34. The number of ether oxygens (including phenoxy) is 1. The summed E-state index contributed by atoms with van der Waals surface area (Å²) in [6.07, 6.45) is 0.885. The highest BCUT2D eigenvalue weighted by Gasteiger charge is 2.12. The molecule has 0 bridgehead atoms. The molecule has 0 unspecified atom stereocenters. The van der Waals surface area contributed by atoms with Crippen LogP contribution in [0.25, 0.3) is 10.9 Å². The van der Waals surface area contributed by atoms with E-state index in [-0.39, 0.29) is 11.5 Å². The number of nitrogens with zero attached hydrogens (tertiary/aromatic N) is 1. The summed E-state index contributed by atoms with van der Waals surface area (Å²) in [4.78, 5) is 26.8. The summed E-state index contributed by atoms with van der Waals surface area (Å²) >= 11 is 0. The maximum absolute atomic E-state index is 12.2. The van der Waals surface area contributed by atoms with Crippen molar-refractivity contribution in [2.45, 2.75) is 33.3 Å². The van der Waals surface area contributed by atoms with Crippen molar-refractivity contribution in [2.24, 2.45) is 0 Å². The molecule has 0 saturated carbocycles. The lowest BCUT2D eigenvalue weighted by molar-refractivity contribution is -0.116. The van der Waals surface area contributed by atoms with Crippen molar-refractivity contribution in [1.82, 2.24) is 10.1 Å². The molecular formula is C19H21N3O4. The summed E-state index contributed by atoms with van der Waals surface area (Å²) in [5.41, 5.74) is 3.67. The van der Waals surface area contributed by atoms with Gasteiger partial charge in [0.1, 0.15) is 5.76 Å². The molecule has 0 aliphatic heterocycles. The number of nitrogens with one attached hydrogen (secondary N) is 2. The van der Waals surface area contributed by atoms with E-state index in [1.165, 1.54) is 6.07 Å². The first kappa shape index (κ1) is 17.9. The van der Waals surface area contributed by atoms with Crippen LogP contribution in [-0.2, 0) is 22.6 Å². The largest absolute Gasteiger partial charge is 0.380 e. The molecule has 136 valence electrons. The molecule has 3 aromatic rings. The second kappa shape index (κ2) is 7.53. The molecule has 2 heterocycles. The lowest BCUT2D eigenvalue weighted by Gasteiger charge is -2.09. The normalized spacial score (nSPS) is 11.0. The summed E-state index contributed by atoms with van der Waals surface area (Å²) in [5, 5.41) is 7.65. The van der Waals surface area contributed by atoms with Gasteiger partial charge in [0.15, 0.2) is 0 Å². The molecule has 0 radical (unpaired) electrons. The van der Waals surface area contributed by atoms with Gasteiger partial charge in [0.2, 0.25) is 11.5 Å². The summed E-state index contributed by atoms with van der Waals surface area (Å²) in [6.45, 7) is 4.05. The fraction of sp³-hybridized carbons (Fsp3) is 0.316. The number of rotatable bonds is 6. The fourth-order valence-electron chi connectivity index (χ4n) is 3.01. The Morgan fingerprint density at radius 1 is 1.31 bits per heavy atom. The molecule has 7 nitrogen and oxygen atoms in total. The second-order valence-electron chi connectivity index (χ2n) is 6.20. The van der Waals surface area contributed by atoms with E-state index in [1.807, 2.05) is 26.0 Å². The Balaban J connectivity index is 1.74. The zero-order valence-electron chi connectivity index (χ0n) is 15.0. The molecule has 3 rings (SSSR count). The van der Waals surface area contributed by atoms with E-state index in [2.05, 4.69) is 15.5 Å². The third-order valence-electron chi connectivity index (χ3n) is 4.30. The van der Waals surface area contributed by atoms with E-state index in [1.54, 1.807) is 13.2 Å². The average Bonchev–Trinajstić information content (AvgIpc) is 2.91. The fourth-order valence-corrected chi connectivity index (χ4v) is 3.01. The third kappa shape index (κ3) is 3.83. The van der Waals surface area contributed by atoms with Gasteiger partial charge >= 0.3 is 0 Å². The van der Waals surface area contributed by atoms with Crippen LogP contribution >= 0.6 is 0 Å². The van der Waals surface area contributed by atoms with Gasteiger partial charge in [-0.2, -0.15) is 0 Å². The molecule has 1 amide bonds. The number of anilines is 1. The Hall–Kier alpha value is -2.93. The summed E-state index contributed by atoms with van der Waals surface area (Å²) in [5.74, 6) is 0.629. The number of pyridine rings is 1. The molecule has 7 heteroatoms. The predicted molar refractivity (Wildman–Crippen MR) is 98.2 cm³/mol. The molecule has 0 aliphatic carbocycles. The van der Waals surface area contributed by atoms with E-state index in [0.717, 1.165) is 28.0 Å². The molecule has 26 heavy (non-hydrogen) atoms. The van der Waals surface area contributed by atoms with Crippen molar-refractivity contribution in [3.8, 4) is 0 Å². The van der Waals surface area contributed by atoms with Crippen LogP contribution in [0, 0.1) is 13.8 Å². The first-order chi connectivity index (χ1) is 12.5. The quantitative estimate of drug-likeness (QED) is 0.709. The van der Waals surface area contributed by atoms with Crippen molar-refractivity contribution in [2.75, 3.05) is 12.4 Å². The monoisotopic (exact) mass is 355 g/mol. The van der Waals surface area contributed by atoms with Crippen LogP contribution in [0.4, 0.5) is 5.69 Å². The Morgan fingerprint density at radius 2 is 2.12 bits per heavy atom. The van der Waals surface area contributed by atoms with Gasteiger partial charge in [-0.05, 0) is 38.0 Å². The van der Waals surface area contributed by atoms with Gasteiger partial charge in [0, 0.05) is 36.2 Å². The molecule has 0 atom stereocenters. The van der Waals surface area contributed by atoms with Crippen LogP contribution < -0.4 is 10.9 Å². The zero-order chi connectivity index (χ0) is 18.7. The van der Waals surface area contributed by atoms with Crippen molar-refractivity contribution in [3.63, 3.8) is 0 Å². The number of H-pyrrole nitrogens is 1. The van der Waals surface area contributed by atoms with Gasteiger partial charge in [0.05, 0.1) is 17.8 Å². The number of aryl methyl sites for hydroxylation is 2. The summed E-state index contributed by atoms with van der Waals surface area (Å²) in [6, 6.07) is 6.95. The number of fused-ring (bicyclic) bond motifs is 1. The minimum Gasteiger partial charge on any atom is -0.380 e. The Morgan fingerprint density at radius 3 is 2.81 bits per heavy atom. The molecule has 1 aromatic carbocycles. The van der Waals surface area contributed by atoms with Gasteiger partial charge in [-0.1, -0.05) is 11.2 Å². The molecular weight excluding hydrogens is 334 g/mol. The number of carbonyl (C=O) groups is 1. The standard InChI is InChI=1S/C19H21N3O4/c1-11-15(12(2)26-22-11)6-7-18(23)20-14-4-5-16-13(10-25-3)8-19(24)21-17(16)9-14/h4-5,8-9H,6-7,10H2,1-3H3,(H,20,23)(H,21,24). The van der Waals surface area contributed by atoms with E-state index >= 15 is 0 Å². The maximum Gasteiger partial charge on any atom is 0.248 e. The lowest BCUT2D eigenvalue weighted by Crippen LogP contribution is -2.13. The van der Waals surface area contributed by atoms with E-state index in [9.17, 15) is 9.59 Å². The van der Waals surface area contributed by atoms with Crippen molar-refractivity contribution < 1.29 is 14.1 Å². The van der Waals surface area contributed by atoms with Crippen LogP contribution in [0.3, 0.4) is 0 Å². The number of methoxy groups -OCH3 is 1. The van der Waals surface area contributed by atoms with Gasteiger partial charge in [-0.3, -0.25) is 9.59 Å². The number of amides is 1. The number of aromatic nitrogens is 2.